The van der Waals surface area contributed by atoms with Crippen LogP contribution in [0.1, 0.15) is 11.1 Å². The Hall–Kier alpha value is -1.15. The third-order valence-corrected chi connectivity index (χ3v) is 5.85. The van der Waals surface area contributed by atoms with Crippen molar-refractivity contribution in [2.75, 3.05) is 0 Å². The van der Waals surface area contributed by atoms with Crippen molar-refractivity contribution in [3.8, 4) is 0 Å². The zero-order valence-electron chi connectivity index (χ0n) is 12.5. The number of rotatable bonds is 7. The van der Waals surface area contributed by atoms with Crippen LogP contribution in [0.5, 0.6) is 0 Å². The summed E-state index contributed by atoms with van der Waals surface area (Å²) in [7, 11) is 0. The zero-order chi connectivity index (χ0) is 17.5. The molecular weight excluding hydrogens is 385 g/mol. The summed E-state index contributed by atoms with van der Waals surface area (Å²) in [5.41, 5.74) is 8.49. The predicted octanol–water partition coefficient (Wildman–Crippen LogP) is 5.60. The number of nitrogens with one attached hydrogen (secondary N) is 2. The number of benzene rings is 2. The first-order valence-electron chi connectivity index (χ1n) is 6.81. The fourth-order valence-electron chi connectivity index (χ4n) is 1.93. The first-order valence-corrected chi connectivity index (χ1v) is 10.0. The van der Waals surface area contributed by atoms with E-state index < -0.39 is 0 Å². The molecule has 4 N–H and O–H groups in total. The van der Waals surface area contributed by atoms with Gasteiger partial charge < -0.3 is 11.1 Å². The maximum absolute atomic E-state index is 13.6. The molecule has 2 aromatic rings. The molecule has 0 unspecified atom stereocenters. The lowest BCUT2D eigenvalue weighted by Crippen LogP contribution is -2.04. The van der Waals surface area contributed by atoms with Crippen LogP contribution < -0.4 is 5.73 Å². The lowest BCUT2D eigenvalue weighted by atomic mass is 10.2. The van der Waals surface area contributed by atoms with E-state index in [9.17, 15) is 4.39 Å². The minimum Gasteiger partial charge on any atom is -0.379 e. The third kappa shape index (κ3) is 5.73. The summed E-state index contributed by atoms with van der Waals surface area (Å²) < 4.78 is 13.6. The summed E-state index contributed by atoms with van der Waals surface area (Å²) in [5, 5.41) is 15.1. The van der Waals surface area contributed by atoms with E-state index in [0.29, 0.717) is 16.5 Å². The highest BCUT2D eigenvalue weighted by molar-refractivity contribution is 8.13. The van der Waals surface area contributed by atoms with E-state index in [1.165, 1.54) is 41.2 Å². The topological polar surface area (TPSA) is 73.7 Å². The molecule has 126 valence electrons. The van der Waals surface area contributed by atoms with Crippen LogP contribution in [0, 0.1) is 16.6 Å². The number of nitrogens with two attached hydrogens (primary N) is 1. The zero-order valence-corrected chi connectivity index (χ0v) is 15.7. The van der Waals surface area contributed by atoms with E-state index >= 15 is 0 Å². The fourth-order valence-corrected chi connectivity index (χ4v) is 4.39. The predicted molar refractivity (Wildman–Crippen MR) is 105 cm³/mol. The van der Waals surface area contributed by atoms with Gasteiger partial charge in [0, 0.05) is 26.3 Å². The van der Waals surface area contributed by atoms with Gasteiger partial charge in [0.05, 0.1) is 5.55 Å². The molecule has 2 rings (SSSR count). The molecule has 24 heavy (non-hydrogen) atoms. The summed E-state index contributed by atoms with van der Waals surface area (Å²) in [5.74, 6) is 0.771. The van der Waals surface area contributed by atoms with Gasteiger partial charge in [-0.2, -0.15) is 0 Å². The largest absolute Gasteiger partial charge is 0.379 e. The van der Waals surface area contributed by atoms with Crippen molar-refractivity contribution in [1.29, 1.82) is 10.8 Å². The second kappa shape index (κ2) is 9.36. The molecule has 0 saturated carbocycles. The lowest BCUT2D eigenvalue weighted by molar-refractivity contribution is 0.625. The second-order valence-corrected chi connectivity index (χ2v) is 8.08. The van der Waals surface area contributed by atoms with Gasteiger partial charge in [0.1, 0.15) is 5.82 Å². The van der Waals surface area contributed by atoms with Crippen LogP contribution in [0.2, 0.25) is 5.02 Å². The smallest absolute Gasteiger partial charge is 0.151 e. The highest BCUT2D eigenvalue weighted by atomic mass is 35.5. The van der Waals surface area contributed by atoms with Crippen molar-refractivity contribution in [2.45, 2.75) is 21.3 Å². The van der Waals surface area contributed by atoms with Gasteiger partial charge in [0.25, 0.3) is 0 Å². The van der Waals surface area contributed by atoms with Gasteiger partial charge in [-0.25, -0.2) is 4.39 Å². The van der Waals surface area contributed by atoms with Crippen LogP contribution in [0.4, 0.5) is 4.39 Å². The van der Waals surface area contributed by atoms with Crippen LogP contribution in [-0.4, -0.2) is 10.7 Å². The normalized spacial score (nSPS) is 10.6. The van der Waals surface area contributed by atoms with Crippen molar-refractivity contribution in [1.82, 2.24) is 0 Å². The minimum atomic E-state index is -0.311. The molecule has 0 aromatic heterocycles. The number of halogens is 2. The van der Waals surface area contributed by atoms with E-state index in [4.69, 9.17) is 28.2 Å². The molecule has 0 spiro atoms. The molecule has 0 amide bonds. The van der Waals surface area contributed by atoms with Crippen LogP contribution in [0.25, 0.3) is 0 Å². The van der Waals surface area contributed by atoms with Crippen molar-refractivity contribution in [2.24, 2.45) is 5.73 Å². The lowest BCUT2D eigenvalue weighted by Gasteiger charge is -2.12. The van der Waals surface area contributed by atoms with E-state index in [1.807, 2.05) is 18.2 Å². The number of thioether (sulfide) groups is 2. The molecule has 0 bridgehead atoms. The minimum absolute atomic E-state index is 0.00442. The molecule has 0 radical (unpaired) electrons. The number of amidine groups is 1. The average Bonchev–Trinajstić information content (AvgIpc) is 2.54. The maximum atomic E-state index is 13.6. The Bertz CT molecular complexity index is 755. The summed E-state index contributed by atoms with van der Waals surface area (Å²) in [4.78, 5) is 1.92. The molecule has 0 aliphatic heterocycles. The Morgan fingerprint density at radius 2 is 1.79 bits per heavy atom. The van der Waals surface area contributed by atoms with E-state index in [-0.39, 0.29) is 11.0 Å². The monoisotopic (exact) mass is 399 g/mol. The Morgan fingerprint density at radius 1 is 1.12 bits per heavy atom. The van der Waals surface area contributed by atoms with E-state index in [0.717, 1.165) is 32.7 Å². The van der Waals surface area contributed by atoms with Gasteiger partial charge in [-0.15, -0.1) is 11.8 Å². The Morgan fingerprint density at radius 3 is 2.46 bits per heavy atom. The highest BCUT2D eigenvalue weighted by Crippen LogP contribution is 2.36. The molecule has 0 aliphatic carbocycles. The Kier molecular flexibility index (Phi) is 7.48. The van der Waals surface area contributed by atoms with Gasteiger partial charge in [0.15, 0.2) is 5.17 Å². The average molecular weight is 400 g/mol. The number of hydrogen-bond acceptors (Lipinski definition) is 5. The van der Waals surface area contributed by atoms with Crippen molar-refractivity contribution < 1.29 is 4.39 Å². The van der Waals surface area contributed by atoms with Crippen molar-refractivity contribution in [3.63, 3.8) is 0 Å². The summed E-state index contributed by atoms with van der Waals surface area (Å²) in [6, 6.07) is 10.3. The second-order valence-electron chi connectivity index (χ2n) is 4.69. The van der Waals surface area contributed by atoms with Crippen LogP contribution >= 0.6 is 46.9 Å². The van der Waals surface area contributed by atoms with Gasteiger partial charge in [-0.05, 0) is 47.5 Å². The van der Waals surface area contributed by atoms with Gasteiger partial charge >= 0.3 is 0 Å². The van der Waals surface area contributed by atoms with Gasteiger partial charge in [0.2, 0.25) is 0 Å². The van der Waals surface area contributed by atoms with Crippen molar-refractivity contribution >= 4 is 57.6 Å². The molecule has 2 aromatic carbocycles. The van der Waals surface area contributed by atoms with Crippen LogP contribution in [0.3, 0.4) is 0 Å². The molecular formula is C16H15ClFN3S3. The SMILES string of the molecule is N=CSCc1cc(Cl)ccc1Sc1ccc(F)cc1CSC(=N)N. The molecule has 0 fully saturated rings. The standard InChI is InChI=1S/C16H15ClFN3S3/c17-12-1-3-14(10(5-12)7-22-9-19)24-15-4-2-13(18)6-11(15)8-23-16(20)21/h1-6,9,19H,7-8H2,(H3,20,21). The first-order chi connectivity index (χ1) is 11.5. The van der Waals surface area contributed by atoms with Crippen molar-refractivity contribution in [3.05, 3.63) is 58.4 Å². The Balaban J connectivity index is 2.30. The molecule has 3 nitrogen and oxygen atoms in total. The van der Waals surface area contributed by atoms with Crippen LogP contribution in [-0.2, 0) is 11.5 Å². The molecule has 8 heteroatoms. The first kappa shape index (κ1) is 19.2. The van der Waals surface area contributed by atoms with E-state index in [2.05, 4.69) is 0 Å². The fraction of sp³-hybridized carbons (Fsp3) is 0.125. The van der Waals surface area contributed by atoms with Gasteiger partial charge in [-0.1, -0.05) is 35.1 Å². The maximum Gasteiger partial charge on any atom is 0.151 e. The van der Waals surface area contributed by atoms with Gasteiger partial charge in [-0.3, -0.25) is 5.41 Å². The summed E-state index contributed by atoms with van der Waals surface area (Å²) >= 11 is 10.1. The Labute approximate surface area is 157 Å². The van der Waals surface area contributed by atoms with E-state index in [1.54, 1.807) is 6.07 Å². The molecule has 0 saturated heterocycles. The molecule has 0 heterocycles. The highest BCUT2D eigenvalue weighted by Gasteiger charge is 2.11. The quantitative estimate of drug-likeness (QED) is 0.418. The molecule has 0 atom stereocenters. The third-order valence-electron chi connectivity index (χ3n) is 2.97. The van der Waals surface area contributed by atoms with Crippen LogP contribution in [0.15, 0.2) is 46.2 Å². The number of hydrogen-bond donors (Lipinski definition) is 3. The summed E-state index contributed by atoms with van der Waals surface area (Å²) in [6.45, 7) is 0. The molecule has 0 aliphatic rings. The summed E-state index contributed by atoms with van der Waals surface area (Å²) in [6.07, 6.45) is 0.